The van der Waals surface area contributed by atoms with Gasteiger partial charge < -0.3 is 9.84 Å². The highest BCUT2D eigenvalue weighted by Gasteiger charge is 2.47. The van der Waals surface area contributed by atoms with Crippen LogP contribution in [-0.2, 0) is 9.59 Å². The van der Waals surface area contributed by atoms with Crippen molar-refractivity contribution in [1.82, 2.24) is 4.98 Å². The van der Waals surface area contributed by atoms with Crippen molar-refractivity contribution in [2.45, 2.75) is 18.5 Å². The molecule has 2 aliphatic heterocycles. The number of aromatic nitrogens is 1. The van der Waals surface area contributed by atoms with Gasteiger partial charge in [-0.15, -0.1) is 0 Å². The summed E-state index contributed by atoms with van der Waals surface area (Å²) in [7, 11) is 1.55. The van der Waals surface area contributed by atoms with Gasteiger partial charge in [0.15, 0.2) is 16.7 Å². The Kier molecular flexibility index (Phi) is 5.26. The third-order valence-corrected chi connectivity index (χ3v) is 6.63. The number of rotatable bonds is 5. The Morgan fingerprint density at radius 1 is 1.27 bits per heavy atom. The quantitative estimate of drug-likeness (QED) is 0.609. The number of hydrogen-bond acceptors (Lipinski definition) is 7. The van der Waals surface area contributed by atoms with E-state index in [2.05, 4.69) is 9.98 Å². The Morgan fingerprint density at radius 2 is 2.09 bits per heavy atom. The first-order valence-electron chi connectivity index (χ1n) is 10.2. The van der Waals surface area contributed by atoms with E-state index in [9.17, 15) is 19.1 Å². The first kappa shape index (κ1) is 21.0. The van der Waals surface area contributed by atoms with Gasteiger partial charge in [0.1, 0.15) is 23.7 Å². The predicted octanol–water partition coefficient (Wildman–Crippen LogP) is 4.31. The minimum absolute atomic E-state index is 0.0883. The van der Waals surface area contributed by atoms with E-state index in [1.165, 1.54) is 40.7 Å². The molecule has 0 fully saturated rings. The van der Waals surface area contributed by atoms with Crippen molar-refractivity contribution in [1.29, 1.82) is 0 Å². The van der Waals surface area contributed by atoms with Gasteiger partial charge in [0.2, 0.25) is 0 Å². The Balaban J connectivity index is 1.65. The molecule has 0 saturated heterocycles. The number of dihydropyridines is 1. The molecular weight excluding hydrogens is 445 g/mol. The number of fused-ring (bicyclic) bond motifs is 1. The van der Waals surface area contributed by atoms with E-state index >= 15 is 0 Å². The molecule has 33 heavy (non-hydrogen) atoms. The van der Waals surface area contributed by atoms with Gasteiger partial charge in [-0.2, -0.15) is 0 Å². The molecule has 3 heterocycles. The first-order chi connectivity index (χ1) is 16.0. The number of amides is 1. The number of allylic oxidation sites excluding steroid dienone is 1. The van der Waals surface area contributed by atoms with Crippen molar-refractivity contribution in [2.75, 3.05) is 12.0 Å². The van der Waals surface area contributed by atoms with Crippen LogP contribution in [0.5, 0.6) is 5.75 Å². The number of aliphatic imine (C=N–C) groups is 1. The second-order valence-electron chi connectivity index (χ2n) is 7.53. The number of nitrogens with zero attached hydrogens (tertiary/aromatic N) is 3. The number of thiazole rings is 1. The number of Topliss-reactive ketones (excluding diaryl/α,β-unsaturated/α-hetero) is 1. The highest BCUT2D eigenvalue weighted by atomic mass is 32.1. The predicted molar refractivity (Wildman–Crippen MR) is 123 cm³/mol. The maximum Gasteiger partial charge on any atom is 0.296 e. The fourth-order valence-corrected chi connectivity index (χ4v) is 5.03. The summed E-state index contributed by atoms with van der Waals surface area (Å²) >= 11 is 1.19. The normalized spacial score (nSPS) is 20.2. The molecule has 2 unspecified atom stereocenters. The molecule has 3 aromatic rings. The molecule has 166 valence electrons. The standard InChI is InChI=1S/C24H18FN3O4S/c1-32-13-9-10-16-18(12-13)33-24(27-16)28-20(14-6-2-3-7-15(14)25)19(22(30)23(28)31)21(29)17-8-4-5-11-26-17/h2-7,9-12,17,20,30H,8H2,1H3. The number of ether oxygens (including phenoxy) is 1. The van der Waals surface area contributed by atoms with Gasteiger partial charge >= 0.3 is 0 Å². The molecule has 1 amide bonds. The van der Waals surface area contributed by atoms with E-state index in [4.69, 9.17) is 4.74 Å². The third-order valence-electron chi connectivity index (χ3n) is 5.61. The smallest absolute Gasteiger partial charge is 0.296 e. The Hall–Kier alpha value is -3.85. The van der Waals surface area contributed by atoms with Crippen molar-refractivity contribution in [2.24, 2.45) is 4.99 Å². The molecule has 0 radical (unpaired) electrons. The lowest BCUT2D eigenvalue weighted by Crippen LogP contribution is -2.33. The lowest BCUT2D eigenvalue weighted by Gasteiger charge is -2.25. The molecule has 0 bridgehead atoms. The number of benzene rings is 2. The second-order valence-corrected chi connectivity index (χ2v) is 8.54. The molecule has 0 spiro atoms. The lowest BCUT2D eigenvalue weighted by atomic mass is 9.91. The van der Waals surface area contributed by atoms with E-state index in [0.29, 0.717) is 17.7 Å². The van der Waals surface area contributed by atoms with Crippen molar-refractivity contribution in [3.05, 3.63) is 77.3 Å². The summed E-state index contributed by atoms with van der Waals surface area (Å²) in [6.45, 7) is 0. The van der Waals surface area contributed by atoms with E-state index in [1.54, 1.807) is 43.5 Å². The molecule has 2 atom stereocenters. The summed E-state index contributed by atoms with van der Waals surface area (Å²) < 4.78 is 20.9. The summed E-state index contributed by atoms with van der Waals surface area (Å²) in [5.74, 6) is -2.03. The maximum atomic E-state index is 14.9. The van der Waals surface area contributed by atoms with Crippen LogP contribution in [-0.4, -0.2) is 41.1 Å². The highest BCUT2D eigenvalue weighted by Crippen LogP contribution is 2.45. The third kappa shape index (κ3) is 3.50. The van der Waals surface area contributed by atoms with Crippen LogP contribution in [0.4, 0.5) is 9.52 Å². The van der Waals surface area contributed by atoms with Gasteiger partial charge in [0.05, 0.1) is 22.9 Å². The largest absolute Gasteiger partial charge is 0.503 e. The van der Waals surface area contributed by atoms with Crippen molar-refractivity contribution in [3.63, 3.8) is 0 Å². The summed E-state index contributed by atoms with van der Waals surface area (Å²) in [5.41, 5.74) is 0.516. The minimum Gasteiger partial charge on any atom is -0.503 e. The van der Waals surface area contributed by atoms with Crippen LogP contribution in [0.25, 0.3) is 10.2 Å². The minimum atomic E-state index is -1.17. The van der Waals surface area contributed by atoms with Crippen LogP contribution in [0.15, 0.2) is 70.9 Å². The van der Waals surface area contributed by atoms with E-state index in [-0.39, 0.29) is 16.3 Å². The van der Waals surface area contributed by atoms with Gasteiger partial charge in [-0.05, 0) is 36.8 Å². The molecular formula is C24H18FN3O4S. The van der Waals surface area contributed by atoms with Crippen LogP contribution in [0.2, 0.25) is 0 Å². The fourth-order valence-electron chi connectivity index (χ4n) is 4.01. The van der Waals surface area contributed by atoms with E-state index in [0.717, 1.165) is 4.70 Å². The van der Waals surface area contributed by atoms with Gasteiger partial charge in [-0.1, -0.05) is 35.6 Å². The molecule has 7 nitrogen and oxygen atoms in total. The molecule has 1 N–H and O–H groups in total. The van der Waals surface area contributed by atoms with Gasteiger partial charge in [0, 0.05) is 11.8 Å². The Bertz CT molecular complexity index is 1380. The number of carbonyl (C=O) groups is 2. The molecule has 5 rings (SSSR count). The zero-order valence-electron chi connectivity index (χ0n) is 17.4. The summed E-state index contributed by atoms with van der Waals surface area (Å²) in [6.07, 6.45) is 5.32. The van der Waals surface area contributed by atoms with Crippen molar-refractivity contribution in [3.8, 4) is 5.75 Å². The number of hydrogen-bond donors (Lipinski definition) is 1. The fraction of sp³-hybridized carbons (Fsp3) is 0.167. The number of carbonyl (C=O) groups excluding carboxylic acids is 2. The lowest BCUT2D eigenvalue weighted by molar-refractivity contribution is -0.118. The monoisotopic (exact) mass is 463 g/mol. The molecule has 2 aromatic carbocycles. The van der Waals surface area contributed by atoms with E-state index < -0.39 is 35.4 Å². The summed E-state index contributed by atoms with van der Waals surface area (Å²) in [6, 6.07) is 9.17. The van der Waals surface area contributed by atoms with Gasteiger partial charge in [-0.25, -0.2) is 9.37 Å². The number of methoxy groups -OCH3 is 1. The number of aliphatic hydroxyl groups excluding tert-OH is 1. The van der Waals surface area contributed by atoms with E-state index in [1.807, 2.05) is 0 Å². The number of anilines is 1. The SMILES string of the molecule is COc1ccc2nc(N3C(=O)C(O)=C(C(=O)C4CC=CC=N4)C3c3ccccc3F)sc2c1. The molecule has 2 aliphatic rings. The van der Waals surface area contributed by atoms with Gasteiger partial charge in [-0.3, -0.25) is 19.5 Å². The number of ketones is 1. The van der Waals surface area contributed by atoms with Crippen LogP contribution in [0, 0.1) is 5.82 Å². The van der Waals surface area contributed by atoms with Crippen LogP contribution in [0.1, 0.15) is 18.0 Å². The average Bonchev–Trinajstić information content (AvgIpc) is 3.37. The van der Waals surface area contributed by atoms with Gasteiger partial charge in [0.25, 0.3) is 5.91 Å². The summed E-state index contributed by atoms with van der Waals surface area (Å²) in [4.78, 5) is 36.5. The number of halogens is 1. The average molecular weight is 463 g/mol. The zero-order chi connectivity index (χ0) is 23.1. The Morgan fingerprint density at radius 3 is 2.82 bits per heavy atom. The first-order valence-corrected chi connectivity index (χ1v) is 11.0. The van der Waals surface area contributed by atoms with Crippen LogP contribution in [0.3, 0.4) is 0 Å². The van der Waals surface area contributed by atoms with Crippen LogP contribution >= 0.6 is 11.3 Å². The zero-order valence-corrected chi connectivity index (χ0v) is 18.3. The van der Waals surface area contributed by atoms with Crippen molar-refractivity contribution < 1.29 is 23.8 Å². The molecule has 1 aromatic heterocycles. The van der Waals surface area contributed by atoms with Crippen LogP contribution < -0.4 is 9.64 Å². The Labute approximate surface area is 192 Å². The number of aliphatic hydroxyl groups is 1. The summed E-state index contributed by atoms with van der Waals surface area (Å²) in [5, 5.41) is 11.0. The molecule has 0 aliphatic carbocycles. The van der Waals surface area contributed by atoms with Crippen molar-refractivity contribution >= 4 is 44.6 Å². The molecule has 0 saturated carbocycles. The highest BCUT2D eigenvalue weighted by molar-refractivity contribution is 7.22. The second kappa shape index (κ2) is 8.25. The molecule has 9 heteroatoms. The maximum absolute atomic E-state index is 14.9. The topological polar surface area (TPSA) is 92.1 Å².